The van der Waals surface area contributed by atoms with Crippen molar-refractivity contribution in [3.63, 3.8) is 0 Å². The second kappa shape index (κ2) is 6.68. The highest BCUT2D eigenvalue weighted by Crippen LogP contribution is 2.27. The van der Waals surface area contributed by atoms with Gasteiger partial charge in [0.2, 0.25) is 0 Å². The number of nitrogens with zero attached hydrogens (tertiary/aromatic N) is 1. The summed E-state index contributed by atoms with van der Waals surface area (Å²) in [5.74, 6) is -1.40. The topological polar surface area (TPSA) is 65.5 Å². The SMILES string of the molecule is COC(=O)c1ccc(-c2ccc3cc(OC(C)=O)cc(F)c3n2)cc1. The van der Waals surface area contributed by atoms with Gasteiger partial charge in [0, 0.05) is 23.9 Å². The van der Waals surface area contributed by atoms with Crippen molar-refractivity contribution in [2.75, 3.05) is 7.11 Å². The average molecular weight is 339 g/mol. The molecule has 0 aliphatic rings. The molecule has 0 saturated carbocycles. The normalized spacial score (nSPS) is 10.5. The van der Waals surface area contributed by atoms with Gasteiger partial charge in [0.05, 0.1) is 18.4 Å². The summed E-state index contributed by atoms with van der Waals surface area (Å²) >= 11 is 0. The predicted molar refractivity (Wildman–Crippen MR) is 89.8 cm³/mol. The van der Waals surface area contributed by atoms with Crippen molar-refractivity contribution >= 4 is 22.8 Å². The van der Waals surface area contributed by atoms with E-state index in [1.165, 1.54) is 14.0 Å². The number of pyridine rings is 1. The number of ether oxygens (including phenoxy) is 2. The van der Waals surface area contributed by atoms with Crippen LogP contribution in [-0.4, -0.2) is 24.0 Å². The molecule has 0 bridgehead atoms. The van der Waals surface area contributed by atoms with Gasteiger partial charge in [-0.1, -0.05) is 18.2 Å². The van der Waals surface area contributed by atoms with E-state index in [4.69, 9.17) is 4.74 Å². The Morgan fingerprint density at radius 3 is 2.40 bits per heavy atom. The molecule has 0 saturated heterocycles. The summed E-state index contributed by atoms with van der Waals surface area (Å²) in [7, 11) is 1.31. The molecule has 1 aromatic heterocycles. The van der Waals surface area contributed by atoms with Crippen molar-refractivity contribution in [1.29, 1.82) is 0 Å². The van der Waals surface area contributed by atoms with Crippen LogP contribution in [0.4, 0.5) is 4.39 Å². The molecule has 25 heavy (non-hydrogen) atoms. The Bertz CT molecular complexity index is 967. The van der Waals surface area contributed by atoms with Crippen LogP contribution in [0.5, 0.6) is 5.75 Å². The van der Waals surface area contributed by atoms with E-state index in [0.29, 0.717) is 16.6 Å². The number of carbonyl (C=O) groups is 2. The molecule has 1 heterocycles. The molecule has 2 aromatic carbocycles. The van der Waals surface area contributed by atoms with Gasteiger partial charge in [0.1, 0.15) is 11.3 Å². The highest BCUT2D eigenvalue weighted by Gasteiger charge is 2.11. The molecule has 0 aliphatic carbocycles. The first-order valence-corrected chi connectivity index (χ1v) is 7.45. The Kier molecular flexibility index (Phi) is 4.43. The van der Waals surface area contributed by atoms with Crippen LogP contribution in [0.3, 0.4) is 0 Å². The van der Waals surface area contributed by atoms with E-state index >= 15 is 0 Å². The van der Waals surface area contributed by atoms with E-state index in [0.717, 1.165) is 11.6 Å². The third kappa shape index (κ3) is 3.47. The van der Waals surface area contributed by atoms with E-state index < -0.39 is 17.8 Å². The second-order valence-electron chi connectivity index (χ2n) is 5.34. The first-order valence-electron chi connectivity index (χ1n) is 7.45. The van der Waals surface area contributed by atoms with Gasteiger partial charge >= 0.3 is 11.9 Å². The molecule has 5 nitrogen and oxygen atoms in total. The molecule has 0 N–H and O–H groups in total. The Labute approximate surface area is 143 Å². The molecular weight excluding hydrogens is 325 g/mol. The average Bonchev–Trinajstić information content (AvgIpc) is 2.60. The number of esters is 2. The second-order valence-corrected chi connectivity index (χ2v) is 5.34. The molecule has 0 aliphatic heterocycles. The smallest absolute Gasteiger partial charge is 0.337 e. The molecule has 0 unspecified atom stereocenters. The molecule has 3 aromatic rings. The van der Waals surface area contributed by atoms with E-state index in [1.807, 2.05) is 0 Å². The fourth-order valence-corrected chi connectivity index (χ4v) is 2.45. The van der Waals surface area contributed by atoms with E-state index in [9.17, 15) is 14.0 Å². The lowest BCUT2D eigenvalue weighted by Crippen LogP contribution is -2.02. The van der Waals surface area contributed by atoms with E-state index in [2.05, 4.69) is 9.72 Å². The van der Waals surface area contributed by atoms with Crippen LogP contribution in [0.1, 0.15) is 17.3 Å². The predicted octanol–water partition coefficient (Wildman–Crippen LogP) is 3.75. The summed E-state index contributed by atoms with van der Waals surface area (Å²) < 4.78 is 23.9. The molecular formula is C19H14FNO4. The molecule has 0 radical (unpaired) electrons. The molecule has 0 spiro atoms. The Balaban J connectivity index is 1.99. The summed E-state index contributed by atoms with van der Waals surface area (Å²) in [6.45, 7) is 1.25. The van der Waals surface area contributed by atoms with Crippen molar-refractivity contribution in [1.82, 2.24) is 4.98 Å². The number of hydrogen-bond donors (Lipinski definition) is 0. The minimum absolute atomic E-state index is 0.134. The van der Waals surface area contributed by atoms with Crippen molar-refractivity contribution in [2.24, 2.45) is 0 Å². The van der Waals surface area contributed by atoms with Crippen LogP contribution < -0.4 is 4.74 Å². The maximum Gasteiger partial charge on any atom is 0.337 e. The van der Waals surface area contributed by atoms with Crippen LogP contribution in [0.25, 0.3) is 22.2 Å². The van der Waals surface area contributed by atoms with Crippen molar-refractivity contribution in [3.8, 4) is 17.0 Å². The molecule has 0 atom stereocenters. The minimum Gasteiger partial charge on any atom is -0.465 e. The third-order valence-corrected chi connectivity index (χ3v) is 3.58. The lowest BCUT2D eigenvalue weighted by molar-refractivity contribution is -0.131. The van der Waals surface area contributed by atoms with E-state index in [-0.39, 0.29) is 11.3 Å². The summed E-state index contributed by atoms with van der Waals surface area (Å²) in [4.78, 5) is 26.8. The van der Waals surface area contributed by atoms with Gasteiger partial charge in [-0.3, -0.25) is 4.79 Å². The summed E-state index contributed by atoms with van der Waals surface area (Å²) in [6.07, 6.45) is 0. The lowest BCUT2D eigenvalue weighted by atomic mass is 10.1. The van der Waals surface area contributed by atoms with Crippen LogP contribution in [0.15, 0.2) is 48.5 Å². The van der Waals surface area contributed by atoms with Gasteiger partial charge in [-0.2, -0.15) is 0 Å². The first-order chi connectivity index (χ1) is 12.0. The molecule has 126 valence electrons. The number of halogens is 1. The van der Waals surface area contributed by atoms with Gasteiger partial charge in [-0.25, -0.2) is 14.2 Å². The number of rotatable bonds is 3. The largest absolute Gasteiger partial charge is 0.465 e. The van der Waals surface area contributed by atoms with Crippen molar-refractivity contribution in [2.45, 2.75) is 6.92 Å². The zero-order valence-corrected chi connectivity index (χ0v) is 13.6. The lowest BCUT2D eigenvalue weighted by Gasteiger charge is -2.07. The number of hydrogen-bond acceptors (Lipinski definition) is 5. The highest BCUT2D eigenvalue weighted by atomic mass is 19.1. The van der Waals surface area contributed by atoms with Crippen LogP contribution in [0, 0.1) is 5.82 Å². The molecule has 3 rings (SSSR count). The number of methoxy groups -OCH3 is 1. The van der Waals surface area contributed by atoms with Gasteiger partial charge in [0.15, 0.2) is 5.82 Å². The molecule has 6 heteroatoms. The zero-order chi connectivity index (χ0) is 18.0. The summed E-state index contributed by atoms with van der Waals surface area (Å²) in [5.41, 5.74) is 1.88. The fraction of sp³-hybridized carbons (Fsp3) is 0.105. The number of carbonyl (C=O) groups excluding carboxylic acids is 2. The van der Waals surface area contributed by atoms with Crippen molar-refractivity contribution < 1.29 is 23.5 Å². The Hall–Kier alpha value is -3.28. The molecule has 0 amide bonds. The Morgan fingerprint density at radius 1 is 1.04 bits per heavy atom. The fourth-order valence-electron chi connectivity index (χ4n) is 2.45. The van der Waals surface area contributed by atoms with Gasteiger partial charge in [0.25, 0.3) is 0 Å². The van der Waals surface area contributed by atoms with E-state index in [1.54, 1.807) is 42.5 Å². The van der Waals surface area contributed by atoms with Crippen LogP contribution in [-0.2, 0) is 9.53 Å². The van der Waals surface area contributed by atoms with Gasteiger partial charge in [-0.05, 0) is 24.3 Å². The minimum atomic E-state index is -0.582. The third-order valence-electron chi connectivity index (χ3n) is 3.58. The van der Waals surface area contributed by atoms with Crippen molar-refractivity contribution in [3.05, 3.63) is 59.9 Å². The quantitative estimate of drug-likeness (QED) is 0.537. The van der Waals surface area contributed by atoms with Crippen LogP contribution in [0.2, 0.25) is 0 Å². The first kappa shape index (κ1) is 16.6. The summed E-state index contributed by atoms with van der Waals surface area (Å²) in [5, 5.41) is 0.520. The zero-order valence-electron chi connectivity index (χ0n) is 13.6. The number of aromatic nitrogens is 1. The van der Waals surface area contributed by atoms with Crippen LogP contribution >= 0.6 is 0 Å². The maximum atomic E-state index is 14.3. The number of benzene rings is 2. The highest BCUT2D eigenvalue weighted by molar-refractivity contribution is 5.90. The summed E-state index contributed by atoms with van der Waals surface area (Å²) in [6, 6.07) is 12.8. The maximum absolute atomic E-state index is 14.3. The molecule has 0 fully saturated rings. The standard InChI is InChI=1S/C19H14FNO4/c1-11(22)25-15-9-14-7-8-17(21-18(14)16(20)10-15)12-3-5-13(6-4-12)19(23)24-2/h3-10H,1-2H3. The van der Waals surface area contributed by atoms with Gasteiger partial charge < -0.3 is 9.47 Å². The number of fused-ring (bicyclic) bond motifs is 1. The van der Waals surface area contributed by atoms with Gasteiger partial charge in [-0.15, -0.1) is 0 Å². The monoisotopic (exact) mass is 339 g/mol. The Morgan fingerprint density at radius 2 is 1.76 bits per heavy atom.